The minimum atomic E-state index is -4.38. The van der Waals surface area contributed by atoms with Gasteiger partial charge in [0.25, 0.3) is 0 Å². The summed E-state index contributed by atoms with van der Waals surface area (Å²) < 4.78 is 79.5. The lowest BCUT2D eigenvalue weighted by atomic mass is 9.90. The molecule has 0 aliphatic carbocycles. The van der Waals surface area contributed by atoms with E-state index in [1.807, 2.05) is 6.92 Å². The molecule has 1 aliphatic rings. The Morgan fingerprint density at radius 2 is 1.85 bits per heavy atom. The monoisotopic (exact) mass is 581 g/mol. The Kier molecular flexibility index (Phi) is 9.44. The van der Waals surface area contributed by atoms with E-state index in [1.54, 1.807) is 25.2 Å². The molecule has 2 atom stereocenters. The second-order valence-corrected chi connectivity index (χ2v) is 11.1. The van der Waals surface area contributed by atoms with Gasteiger partial charge in [0.15, 0.2) is 6.29 Å². The maximum absolute atomic E-state index is 14.8. The summed E-state index contributed by atoms with van der Waals surface area (Å²) in [5, 5.41) is 14.9. The Balaban J connectivity index is 1.36. The minimum absolute atomic E-state index is 0.0573. The highest BCUT2D eigenvalue weighted by molar-refractivity contribution is 8.00. The first-order valence-corrected chi connectivity index (χ1v) is 13.3. The number of allylic oxidation sites excluding steroid dienone is 2. The van der Waals surface area contributed by atoms with Gasteiger partial charge in [0.2, 0.25) is 0 Å². The molecule has 2 aromatic carbocycles. The molecule has 2 heterocycles. The standard InChI is InChI=1S/C28H28F5N3O3S/c1-18(11-20-4-6-21(7-5-20)28(31,32)33)3-10-26-38-13-23(14-39-26)40-19(2)27(37,15-36-17-34-16-35-36)24-9-8-22(29)12-25(24)30/h3-12,16-17,19,23,26,37H,13-15H2,1-2H3/b10-3+,18-11+. The minimum Gasteiger partial charge on any atom is -0.382 e. The lowest BCUT2D eigenvalue weighted by Gasteiger charge is -2.37. The molecule has 2 unspecified atom stereocenters. The highest BCUT2D eigenvalue weighted by atomic mass is 32.2. The fourth-order valence-corrected chi connectivity index (χ4v) is 5.55. The third-order valence-corrected chi connectivity index (χ3v) is 7.83. The van der Waals surface area contributed by atoms with Crippen molar-refractivity contribution in [3.63, 3.8) is 0 Å². The van der Waals surface area contributed by atoms with E-state index in [2.05, 4.69) is 10.1 Å². The Bertz CT molecular complexity index is 1320. The number of benzene rings is 2. The molecule has 40 heavy (non-hydrogen) atoms. The number of halogens is 5. The van der Waals surface area contributed by atoms with E-state index < -0.39 is 40.5 Å². The molecule has 12 heteroatoms. The lowest BCUT2D eigenvalue weighted by Crippen LogP contribution is -2.43. The van der Waals surface area contributed by atoms with Crippen LogP contribution in [0.5, 0.6) is 0 Å². The van der Waals surface area contributed by atoms with Crippen molar-refractivity contribution < 1.29 is 36.5 Å². The van der Waals surface area contributed by atoms with E-state index in [0.717, 1.165) is 29.8 Å². The Morgan fingerprint density at radius 3 is 2.45 bits per heavy atom. The van der Waals surface area contributed by atoms with Crippen LogP contribution in [-0.4, -0.2) is 49.9 Å². The number of thioether (sulfide) groups is 1. The van der Waals surface area contributed by atoms with E-state index in [-0.39, 0.29) is 30.6 Å². The zero-order chi connectivity index (χ0) is 28.9. The van der Waals surface area contributed by atoms with Gasteiger partial charge in [-0.3, -0.25) is 0 Å². The lowest BCUT2D eigenvalue weighted by molar-refractivity contribution is -0.146. The van der Waals surface area contributed by atoms with E-state index in [4.69, 9.17) is 9.47 Å². The zero-order valence-electron chi connectivity index (χ0n) is 21.7. The molecule has 4 rings (SSSR count). The fourth-order valence-electron chi connectivity index (χ4n) is 4.24. The summed E-state index contributed by atoms with van der Waals surface area (Å²) in [6.07, 6.45) is 2.89. The van der Waals surface area contributed by atoms with Crippen LogP contribution < -0.4 is 0 Å². The molecular formula is C28H28F5N3O3S. The highest BCUT2D eigenvalue weighted by Crippen LogP contribution is 2.38. The molecule has 214 valence electrons. The molecule has 1 saturated heterocycles. The van der Waals surface area contributed by atoms with Gasteiger partial charge in [0, 0.05) is 16.9 Å². The van der Waals surface area contributed by atoms with Crippen molar-refractivity contribution in [1.82, 2.24) is 14.8 Å². The number of hydrogen-bond donors (Lipinski definition) is 1. The van der Waals surface area contributed by atoms with Crippen LogP contribution in [-0.2, 0) is 27.8 Å². The van der Waals surface area contributed by atoms with Crippen LogP contribution in [0, 0.1) is 11.6 Å². The molecule has 1 fully saturated rings. The van der Waals surface area contributed by atoms with E-state index in [1.165, 1.54) is 47.3 Å². The van der Waals surface area contributed by atoms with Gasteiger partial charge in [-0.05, 0) is 36.8 Å². The quantitative estimate of drug-likeness (QED) is 0.248. The van der Waals surface area contributed by atoms with Gasteiger partial charge in [-0.15, -0.1) is 11.8 Å². The fraction of sp³-hybridized carbons (Fsp3) is 0.357. The van der Waals surface area contributed by atoms with Crippen LogP contribution in [0.15, 0.2) is 72.8 Å². The van der Waals surface area contributed by atoms with E-state index >= 15 is 0 Å². The normalized spacial score (nSPS) is 20.9. The molecule has 0 spiro atoms. The highest BCUT2D eigenvalue weighted by Gasteiger charge is 2.41. The summed E-state index contributed by atoms with van der Waals surface area (Å²) in [5.41, 5.74) is -1.09. The van der Waals surface area contributed by atoms with Crippen molar-refractivity contribution in [2.75, 3.05) is 13.2 Å². The molecule has 0 amide bonds. The predicted octanol–water partition coefficient (Wildman–Crippen LogP) is 5.99. The SMILES string of the molecule is CC(/C=C/C1OCC(SC(C)C(O)(Cn2cncn2)c2ccc(F)cc2F)CO1)=C\c1ccc(C(F)(F)F)cc1. The van der Waals surface area contributed by atoms with Gasteiger partial charge in [-0.2, -0.15) is 18.3 Å². The van der Waals surface area contributed by atoms with Gasteiger partial charge < -0.3 is 14.6 Å². The van der Waals surface area contributed by atoms with Gasteiger partial charge in [0.05, 0.1) is 30.6 Å². The van der Waals surface area contributed by atoms with Gasteiger partial charge >= 0.3 is 6.18 Å². The third kappa shape index (κ3) is 7.57. The Labute approximate surface area is 232 Å². The molecule has 1 N–H and O–H groups in total. The maximum Gasteiger partial charge on any atom is 0.416 e. The van der Waals surface area contributed by atoms with Gasteiger partial charge in [0.1, 0.15) is 29.9 Å². The molecule has 6 nitrogen and oxygen atoms in total. The summed E-state index contributed by atoms with van der Waals surface area (Å²) in [5.74, 6) is -1.61. The Hall–Kier alpha value is -3.06. The number of nitrogens with zero attached hydrogens (tertiary/aromatic N) is 3. The first kappa shape index (κ1) is 29.9. The van der Waals surface area contributed by atoms with Crippen molar-refractivity contribution >= 4 is 17.8 Å². The smallest absolute Gasteiger partial charge is 0.382 e. The molecule has 1 aliphatic heterocycles. The molecular weight excluding hydrogens is 553 g/mol. The molecule has 0 bridgehead atoms. The second-order valence-electron chi connectivity index (χ2n) is 9.44. The van der Waals surface area contributed by atoms with Gasteiger partial charge in [-0.25, -0.2) is 18.4 Å². The topological polar surface area (TPSA) is 69.4 Å². The van der Waals surface area contributed by atoms with Crippen molar-refractivity contribution in [2.45, 2.75) is 49.0 Å². The molecule has 0 radical (unpaired) electrons. The Morgan fingerprint density at radius 1 is 1.15 bits per heavy atom. The number of hydrogen-bond acceptors (Lipinski definition) is 6. The summed E-state index contributed by atoms with van der Waals surface area (Å²) in [4.78, 5) is 3.87. The number of aromatic nitrogens is 3. The van der Waals surface area contributed by atoms with Crippen LogP contribution >= 0.6 is 11.8 Å². The van der Waals surface area contributed by atoms with Crippen LogP contribution in [0.3, 0.4) is 0 Å². The van der Waals surface area contributed by atoms with Crippen LogP contribution in [0.25, 0.3) is 6.08 Å². The third-order valence-electron chi connectivity index (χ3n) is 6.38. The summed E-state index contributed by atoms with van der Waals surface area (Å²) in [6, 6.07) is 7.93. The number of rotatable bonds is 9. The average Bonchev–Trinajstić information content (AvgIpc) is 3.40. The number of aliphatic hydroxyl groups is 1. The first-order chi connectivity index (χ1) is 18.9. The van der Waals surface area contributed by atoms with Crippen molar-refractivity contribution in [2.24, 2.45) is 0 Å². The number of ether oxygens (including phenoxy) is 2. The number of alkyl halides is 3. The first-order valence-electron chi connectivity index (χ1n) is 12.4. The summed E-state index contributed by atoms with van der Waals surface area (Å²) >= 11 is 1.35. The molecule has 0 saturated carbocycles. The van der Waals surface area contributed by atoms with Crippen molar-refractivity contribution in [3.05, 3.63) is 101 Å². The second kappa shape index (κ2) is 12.6. The van der Waals surface area contributed by atoms with Gasteiger partial charge in [-0.1, -0.05) is 42.8 Å². The summed E-state index contributed by atoms with van der Waals surface area (Å²) in [7, 11) is 0. The van der Waals surface area contributed by atoms with Crippen LogP contribution in [0.4, 0.5) is 22.0 Å². The summed E-state index contributed by atoms with van der Waals surface area (Å²) in [6.45, 7) is 4.02. The van der Waals surface area contributed by atoms with Crippen molar-refractivity contribution in [3.8, 4) is 0 Å². The molecule has 3 aromatic rings. The predicted molar refractivity (Wildman–Crippen MR) is 141 cm³/mol. The van der Waals surface area contributed by atoms with Crippen LogP contribution in [0.1, 0.15) is 30.5 Å². The largest absolute Gasteiger partial charge is 0.416 e. The zero-order valence-corrected chi connectivity index (χ0v) is 22.5. The van der Waals surface area contributed by atoms with Crippen molar-refractivity contribution in [1.29, 1.82) is 0 Å². The van der Waals surface area contributed by atoms with E-state index in [9.17, 15) is 27.1 Å². The maximum atomic E-state index is 14.8. The van der Waals surface area contributed by atoms with Crippen LogP contribution in [0.2, 0.25) is 0 Å². The van der Waals surface area contributed by atoms with E-state index in [0.29, 0.717) is 5.56 Å². The average molecular weight is 582 g/mol. The molecule has 1 aromatic heterocycles.